The van der Waals surface area contributed by atoms with Crippen LogP contribution in [0.1, 0.15) is 53.9 Å². The molecule has 112 valence electrons. The minimum atomic E-state index is -0.566. The molecule has 0 radical (unpaired) electrons. The number of likely N-dealkylation sites (tertiary alicyclic amines) is 1. The summed E-state index contributed by atoms with van der Waals surface area (Å²) in [5.74, 6) is 0.0458. The first-order chi connectivity index (χ1) is 8.64. The summed E-state index contributed by atoms with van der Waals surface area (Å²) in [5, 5.41) is 3.11. The number of hydrogen-bond donors (Lipinski definition) is 2. The first-order valence-electron chi connectivity index (χ1n) is 7.47. The molecule has 1 fully saturated rings. The van der Waals surface area contributed by atoms with Crippen molar-refractivity contribution >= 4 is 5.91 Å². The highest BCUT2D eigenvalue weighted by atomic mass is 16.2. The SMILES string of the molecule is CC(CN1CCCCC1)NC(=O)C(C)(C)C(C)(C)N. The third-order valence-electron chi connectivity index (χ3n) is 4.54. The van der Waals surface area contributed by atoms with Crippen LogP contribution in [0, 0.1) is 5.41 Å². The lowest BCUT2D eigenvalue weighted by Gasteiger charge is -2.38. The molecule has 1 atom stereocenters. The molecule has 1 aliphatic rings. The van der Waals surface area contributed by atoms with Crippen molar-refractivity contribution in [3.05, 3.63) is 0 Å². The molecule has 1 aliphatic heterocycles. The molecule has 0 saturated carbocycles. The van der Waals surface area contributed by atoms with E-state index >= 15 is 0 Å². The Bertz CT molecular complexity index is 301. The van der Waals surface area contributed by atoms with E-state index in [1.807, 2.05) is 27.7 Å². The topological polar surface area (TPSA) is 58.4 Å². The smallest absolute Gasteiger partial charge is 0.227 e. The van der Waals surface area contributed by atoms with E-state index in [0.29, 0.717) is 0 Å². The summed E-state index contributed by atoms with van der Waals surface area (Å²) >= 11 is 0. The fourth-order valence-electron chi connectivity index (χ4n) is 2.27. The van der Waals surface area contributed by atoms with Gasteiger partial charge < -0.3 is 16.0 Å². The van der Waals surface area contributed by atoms with Gasteiger partial charge in [-0.25, -0.2) is 0 Å². The van der Waals surface area contributed by atoms with Gasteiger partial charge in [0, 0.05) is 18.1 Å². The van der Waals surface area contributed by atoms with Gasteiger partial charge in [0.2, 0.25) is 5.91 Å². The molecule has 1 amide bonds. The Labute approximate surface area is 118 Å². The molecule has 1 unspecified atom stereocenters. The van der Waals surface area contributed by atoms with Gasteiger partial charge in [0.15, 0.2) is 0 Å². The monoisotopic (exact) mass is 269 g/mol. The van der Waals surface area contributed by atoms with Gasteiger partial charge in [0.25, 0.3) is 0 Å². The summed E-state index contributed by atoms with van der Waals surface area (Å²) in [4.78, 5) is 14.8. The number of carbonyl (C=O) groups is 1. The Hall–Kier alpha value is -0.610. The first kappa shape index (κ1) is 16.4. The Morgan fingerprint density at radius 1 is 1.21 bits per heavy atom. The second-order valence-corrected chi connectivity index (χ2v) is 7.08. The summed E-state index contributed by atoms with van der Waals surface area (Å²) in [7, 11) is 0. The van der Waals surface area contributed by atoms with Crippen molar-refractivity contribution in [3.63, 3.8) is 0 Å². The molecule has 19 heavy (non-hydrogen) atoms. The van der Waals surface area contributed by atoms with Gasteiger partial charge in [0.1, 0.15) is 0 Å². The Kier molecular flexibility index (Phi) is 5.39. The molecule has 1 rings (SSSR count). The van der Waals surface area contributed by atoms with Gasteiger partial charge in [-0.1, -0.05) is 6.42 Å². The van der Waals surface area contributed by atoms with E-state index < -0.39 is 11.0 Å². The van der Waals surface area contributed by atoms with Crippen LogP contribution >= 0.6 is 0 Å². The molecule has 4 heteroatoms. The van der Waals surface area contributed by atoms with Gasteiger partial charge in [-0.3, -0.25) is 4.79 Å². The van der Waals surface area contributed by atoms with Crippen LogP contribution in [0.2, 0.25) is 0 Å². The average molecular weight is 269 g/mol. The van der Waals surface area contributed by atoms with Crippen molar-refractivity contribution < 1.29 is 4.79 Å². The van der Waals surface area contributed by atoms with E-state index in [9.17, 15) is 4.79 Å². The van der Waals surface area contributed by atoms with Crippen molar-refractivity contribution in [1.82, 2.24) is 10.2 Å². The average Bonchev–Trinajstić information content (AvgIpc) is 2.28. The summed E-state index contributed by atoms with van der Waals surface area (Å²) in [6.45, 7) is 13.0. The normalized spacial score (nSPS) is 20.1. The van der Waals surface area contributed by atoms with Crippen LogP contribution in [-0.2, 0) is 4.79 Å². The number of nitrogens with one attached hydrogen (secondary N) is 1. The number of nitrogens with two attached hydrogens (primary N) is 1. The lowest BCUT2D eigenvalue weighted by molar-refractivity contribution is -0.133. The highest BCUT2D eigenvalue weighted by Gasteiger charge is 2.40. The number of piperidine rings is 1. The van der Waals surface area contributed by atoms with Crippen molar-refractivity contribution in [2.24, 2.45) is 11.1 Å². The maximum atomic E-state index is 12.4. The minimum Gasteiger partial charge on any atom is -0.352 e. The molecule has 0 aromatic heterocycles. The molecule has 3 N–H and O–H groups in total. The zero-order valence-electron chi connectivity index (χ0n) is 13.3. The first-order valence-corrected chi connectivity index (χ1v) is 7.47. The zero-order chi connectivity index (χ0) is 14.7. The summed E-state index contributed by atoms with van der Waals surface area (Å²) in [5.41, 5.74) is 5.01. The molecular formula is C15H31N3O. The number of carbonyl (C=O) groups excluding carboxylic acids is 1. The lowest BCUT2D eigenvalue weighted by Crippen LogP contribution is -2.57. The molecule has 0 aliphatic carbocycles. The van der Waals surface area contributed by atoms with Crippen molar-refractivity contribution in [2.75, 3.05) is 19.6 Å². The van der Waals surface area contributed by atoms with E-state index in [-0.39, 0.29) is 11.9 Å². The molecule has 4 nitrogen and oxygen atoms in total. The second-order valence-electron chi connectivity index (χ2n) is 7.08. The second kappa shape index (κ2) is 6.23. The third kappa shape index (κ3) is 4.46. The molecule has 1 heterocycles. The Morgan fingerprint density at radius 3 is 2.21 bits per heavy atom. The Balaban J connectivity index is 2.47. The van der Waals surface area contributed by atoms with Crippen LogP contribution in [0.15, 0.2) is 0 Å². The van der Waals surface area contributed by atoms with Crippen LogP contribution < -0.4 is 11.1 Å². The predicted molar refractivity (Wildman–Crippen MR) is 79.9 cm³/mol. The minimum absolute atomic E-state index is 0.0458. The predicted octanol–water partition coefficient (Wildman–Crippen LogP) is 1.74. The number of nitrogens with zero attached hydrogens (tertiary/aromatic N) is 1. The van der Waals surface area contributed by atoms with Crippen molar-refractivity contribution in [3.8, 4) is 0 Å². The van der Waals surface area contributed by atoms with E-state index in [1.165, 1.54) is 19.3 Å². The van der Waals surface area contributed by atoms with E-state index in [2.05, 4.69) is 17.1 Å². The lowest BCUT2D eigenvalue weighted by atomic mass is 9.74. The van der Waals surface area contributed by atoms with Crippen molar-refractivity contribution in [2.45, 2.75) is 65.5 Å². The van der Waals surface area contributed by atoms with Gasteiger partial charge in [-0.05, 0) is 60.5 Å². The quantitative estimate of drug-likeness (QED) is 0.799. The van der Waals surface area contributed by atoms with E-state index in [0.717, 1.165) is 19.6 Å². The van der Waals surface area contributed by atoms with Crippen LogP contribution in [0.3, 0.4) is 0 Å². The van der Waals surface area contributed by atoms with Crippen LogP contribution in [0.5, 0.6) is 0 Å². The summed E-state index contributed by atoms with van der Waals surface area (Å²) < 4.78 is 0. The highest BCUT2D eigenvalue weighted by molar-refractivity contribution is 5.83. The Morgan fingerprint density at radius 2 is 1.74 bits per heavy atom. The standard InChI is InChI=1S/C15H31N3O/c1-12(11-18-9-7-6-8-10-18)17-13(19)14(2,3)15(4,5)16/h12H,6-11,16H2,1-5H3,(H,17,19). The molecule has 0 aromatic rings. The zero-order valence-corrected chi connectivity index (χ0v) is 13.3. The fraction of sp³-hybridized carbons (Fsp3) is 0.933. The summed E-state index contributed by atoms with van der Waals surface area (Å²) in [6, 6.07) is 0.173. The number of hydrogen-bond acceptors (Lipinski definition) is 3. The molecule has 0 bridgehead atoms. The number of rotatable bonds is 5. The maximum absolute atomic E-state index is 12.4. The van der Waals surface area contributed by atoms with E-state index in [1.54, 1.807) is 0 Å². The van der Waals surface area contributed by atoms with Gasteiger partial charge in [-0.2, -0.15) is 0 Å². The van der Waals surface area contributed by atoms with Crippen LogP contribution in [0.25, 0.3) is 0 Å². The highest BCUT2D eigenvalue weighted by Crippen LogP contribution is 2.28. The molecule has 0 spiro atoms. The fourth-order valence-corrected chi connectivity index (χ4v) is 2.27. The van der Waals surface area contributed by atoms with Crippen molar-refractivity contribution in [1.29, 1.82) is 0 Å². The van der Waals surface area contributed by atoms with Gasteiger partial charge in [-0.15, -0.1) is 0 Å². The van der Waals surface area contributed by atoms with Gasteiger partial charge in [0.05, 0.1) is 5.41 Å². The molecular weight excluding hydrogens is 238 g/mol. The van der Waals surface area contributed by atoms with Crippen LogP contribution in [-0.4, -0.2) is 42.0 Å². The summed E-state index contributed by atoms with van der Waals surface area (Å²) in [6.07, 6.45) is 3.90. The maximum Gasteiger partial charge on any atom is 0.227 e. The van der Waals surface area contributed by atoms with E-state index in [4.69, 9.17) is 5.73 Å². The number of amides is 1. The molecule has 0 aromatic carbocycles. The van der Waals surface area contributed by atoms with Crippen LogP contribution in [0.4, 0.5) is 0 Å². The largest absolute Gasteiger partial charge is 0.352 e. The third-order valence-corrected chi connectivity index (χ3v) is 4.54. The molecule has 1 saturated heterocycles. The van der Waals surface area contributed by atoms with Gasteiger partial charge >= 0.3 is 0 Å².